The zero-order chi connectivity index (χ0) is 12.5. The molecule has 0 aliphatic rings. The molecule has 3 rings (SSSR count). The molecule has 2 aromatic carbocycles. The van der Waals surface area contributed by atoms with Crippen LogP contribution in [0.5, 0.6) is 5.75 Å². The van der Waals surface area contributed by atoms with Crippen LogP contribution in [0.3, 0.4) is 0 Å². The standard InChI is InChI=1S/C14H11FN2O/c1-18-12-4-2-3-11-13(12)17-14(16-11)9-5-7-10(15)8-6-9/h2-8H,1H3,(H,16,17). The van der Waals surface area contributed by atoms with E-state index in [2.05, 4.69) is 9.97 Å². The SMILES string of the molecule is COc1cccc2[nH]c(-c3ccc(F)cc3)nc12. The number of fused-ring (bicyclic) bond motifs is 1. The van der Waals surface area contributed by atoms with Gasteiger partial charge in [-0.15, -0.1) is 0 Å². The van der Waals surface area contributed by atoms with Crippen molar-refractivity contribution in [3.63, 3.8) is 0 Å². The number of hydrogen-bond acceptors (Lipinski definition) is 2. The largest absolute Gasteiger partial charge is 0.494 e. The fraction of sp³-hybridized carbons (Fsp3) is 0.0714. The first kappa shape index (κ1) is 10.8. The summed E-state index contributed by atoms with van der Waals surface area (Å²) < 4.78 is 18.1. The number of para-hydroxylation sites is 1. The van der Waals surface area contributed by atoms with Gasteiger partial charge in [-0.2, -0.15) is 0 Å². The van der Waals surface area contributed by atoms with Crippen LogP contribution < -0.4 is 4.74 Å². The molecule has 0 bridgehead atoms. The summed E-state index contributed by atoms with van der Waals surface area (Å²) in [5.41, 5.74) is 2.52. The highest BCUT2D eigenvalue weighted by molar-refractivity contribution is 5.84. The van der Waals surface area contributed by atoms with Gasteiger partial charge in [-0.05, 0) is 36.4 Å². The molecule has 0 fully saturated rings. The molecule has 0 spiro atoms. The van der Waals surface area contributed by atoms with Gasteiger partial charge in [0.1, 0.15) is 22.9 Å². The van der Waals surface area contributed by atoms with Gasteiger partial charge in [-0.1, -0.05) is 6.07 Å². The van der Waals surface area contributed by atoms with Crippen molar-refractivity contribution in [2.24, 2.45) is 0 Å². The lowest BCUT2D eigenvalue weighted by Crippen LogP contribution is -1.83. The molecule has 1 heterocycles. The summed E-state index contributed by atoms with van der Waals surface area (Å²) in [6.45, 7) is 0. The van der Waals surface area contributed by atoms with E-state index in [4.69, 9.17) is 4.74 Å². The third-order valence-electron chi connectivity index (χ3n) is 2.81. The van der Waals surface area contributed by atoms with E-state index in [0.717, 1.165) is 22.3 Å². The van der Waals surface area contributed by atoms with Crippen molar-refractivity contribution in [2.45, 2.75) is 0 Å². The Hall–Kier alpha value is -2.36. The van der Waals surface area contributed by atoms with Crippen LogP contribution in [0.1, 0.15) is 0 Å². The van der Waals surface area contributed by atoms with E-state index in [-0.39, 0.29) is 5.82 Å². The quantitative estimate of drug-likeness (QED) is 0.748. The van der Waals surface area contributed by atoms with Crippen molar-refractivity contribution in [2.75, 3.05) is 7.11 Å². The molecular formula is C14H11FN2O. The Morgan fingerprint density at radius 2 is 1.89 bits per heavy atom. The van der Waals surface area contributed by atoms with Gasteiger partial charge in [0.05, 0.1) is 12.6 Å². The third kappa shape index (κ3) is 1.72. The van der Waals surface area contributed by atoms with Crippen LogP contribution in [0.2, 0.25) is 0 Å². The number of aromatic nitrogens is 2. The predicted octanol–water partition coefficient (Wildman–Crippen LogP) is 3.38. The minimum Gasteiger partial charge on any atom is -0.494 e. The maximum atomic E-state index is 12.9. The number of nitrogens with one attached hydrogen (secondary N) is 1. The second kappa shape index (κ2) is 4.14. The summed E-state index contributed by atoms with van der Waals surface area (Å²) in [4.78, 5) is 7.67. The number of halogens is 1. The van der Waals surface area contributed by atoms with E-state index in [1.807, 2.05) is 18.2 Å². The number of aromatic amines is 1. The number of ether oxygens (including phenoxy) is 1. The van der Waals surface area contributed by atoms with Crippen LogP contribution in [0.25, 0.3) is 22.4 Å². The number of benzene rings is 2. The second-order valence-corrected chi connectivity index (χ2v) is 3.95. The van der Waals surface area contributed by atoms with Gasteiger partial charge in [-0.3, -0.25) is 0 Å². The topological polar surface area (TPSA) is 37.9 Å². The van der Waals surface area contributed by atoms with Gasteiger partial charge in [-0.25, -0.2) is 9.37 Å². The summed E-state index contributed by atoms with van der Waals surface area (Å²) in [6, 6.07) is 11.9. The Morgan fingerprint density at radius 3 is 2.61 bits per heavy atom. The minimum absolute atomic E-state index is 0.257. The number of imidazole rings is 1. The lowest BCUT2D eigenvalue weighted by molar-refractivity contribution is 0.419. The minimum atomic E-state index is -0.257. The monoisotopic (exact) mass is 242 g/mol. The van der Waals surface area contributed by atoms with Crippen molar-refractivity contribution in [1.82, 2.24) is 9.97 Å². The molecule has 0 atom stereocenters. The van der Waals surface area contributed by atoms with Crippen molar-refractivity contribution in [1.29, 1.82) is 0 Å². The predicted molar refractivity (Wildman–Crippen MR) is 68.0 cm³/mol. The lowest BCUT2D eigenvalue weighted by Gasteiger charge is -1.98. The molecule has 0 saturated heterocycles. The molecule has 0 aliphatic carbocycles. The van der Waals surface area contributed by atoms with E-state index in [9.17, 15) is 4.39 Å². The Bertz CT molecular complexity index is 689. The smallest absolute Gasteiger partial charge is 0.146 e. The average molecular weight is 242 g/mol. The highest BCUT2D eigenvalue weighted by Gasteiger charge is 2.08. The molecule has 0 amide bonds. The molecular weight excluding hydrogens is 231 g/mol. The zero-order valence-corrected chi connectivity index (χ0v) is 9.77. The Kier molecular flexibility index (Phi) is 2.48. The zero-order valence-electron chi connectivity index (χ0n) is 9.77. The van der Waals surface area contributed by atoms with E-state index in [1.54, 1.807) is 19.2 Å². The fourth-order valence-corrected chi connectivity index (χ4v) is 1.92. The Balaban J connectivity index is 2.16. The molecule has 1 N–H and O–H groups in total. The third-order valence-corrected chi connectivity index (χ3v) is 2.81. The fourth-order valence-electron chi connectivity index (χ4n) is 1.92. The van der Waals surface area contributed by atoms with E-state index >= 15 is 0 Å². The normalized spacial score (nSPS) is 10.8. The van der Waals surface area contributed by atoms with Gasteiger partial charge in [0, 0.05) is 5.56 Å². The summed E-state index contributed by atoms with van der Waals surface area (Å²) in [5.74, 6) is 1.17. The number of hydrogen-bond donors (Lipinski definition) is 1. The maximum absolute atomic E-state index is 12.9. The second-order valence-electron chi connectivity index (χ2n) is 3.95. The highest BCUT2D eigenvalue weighted by Crippen LogP contribution is 2.26. The molecule has 0 saturated carbocycles. The van der Waals surface area contributed by atoms with Gasteiger partial charge in [0.2, 0.25) is 0 Å². The van der Waals surface area contributed by atoms with Crippen molar-refractivity contribution in [3.8, 4) is 17.1 Å². The van der Waals surface area contributed by atoms with Crippen molar-refractivity contribution >= 4 is 11.0 Å². The highest BCUT2D eigenvalue weighted by atomic mass is 19.1. The Labute approximate surface area is 103 Å². The molecule has 3 aromatic rings. The number of methoxy groups -OCH3 is 1. The van der Waals surface area contributed by atoms with Crippen LogP contribution in [-0.2, 0) is 0 Å². The van der Waals surface area contributed by atoms with E-state index < -0.39 is 0 Å². The van der Waals surface area contributed by atoms with Gasteiger partial charge in [0.15, 0.2) is 0 Å². The maximum Gasteiger partial charge on any atom is 0.146 e. The van der Waals surface area contributed by atoms with Crippen LogP contribution in [0, 0.1) is 5.82 Å². The van der Waals surface area contributed by atoms with Gasteiger partial charge in [0.25, 0.3) is 0 Å². The summed E-state index contributed by atoms with van der Waals surface area (Å²) in [6.07, 6.45) is 0. The summed E-state index contributed by atoms with van der Waals surface area (Å²) in [7, 11) is 1.61. The lowest BCUT2D eigenvalue weighted by atomic mass is 10.2. The first-order chi connectivity index (χ1) is 8.78. The van der Waals surface area contributed by atoms with Gasteiger partial charge < -0.3 is 9.72 Å². The summed E-state index contributed by atoms with van der Waals surface area (Å²) in [5, 5.41) is 0. The first-order valence-electron chi connectivity index (χ1n) is 5.56. The number of H-pyrrole nitrogens is 1. The van der Waals surface area contributed by atoms with Crippen LogP contribution in [0.4, 0.5) is 4.39 Å². The molecule has 0 radical (unpaired) electrons. The average Bonchev–Trinajstić information content (AvgIpc) is 2.83. The first-order valence-corrected chi connectivity index (χ1v) is 5.56. The molecule has 3 nitrogen and oxygen atoms in total. The van der Waals surface area contributed by atoms with Crippen LogP contribution in [0.15, 0.2) is 42.5 Å². The van der Waals surface area contributed by atoms with E-state index in [0.29, 0.717) is 5.82 Å². The number of nitrogens with zero attached hydrogens (tertiary/aromatic N) is 1. The van der Waals surface area contributed by atoms with Crippen LogP contribution >= 0.6 is 0 Å². The molecule has 90 valence electrons. The van der Waals surface area contributed by atoms with Crippen molar-refractivity contribution < 1.29 is 9.13 Å². The van der Waals surface area contributed by atoms with Crippen LogP contribution in [-0.4, -0.2) is 17.1 Å². The molecule has 0 unspecified atom stereocenters. The molecule has 18 heavy (non-hydrogen) atoms. The summed E-state index contributed by atoms with van der Waals surface area (Å²) >= 11 is 0. The molecule has 0 aliphatic heterocycles. The van der Waals surface area contributed by atoms with Gasteiger partial charge >= 0.3 is 0 Å². The van der Waals surface area contributed by atoms with E-state index in [1.165, 1.54) is 12.1 Å². The number of rotatable bonds is 2. The van der Waals surface area contributed by atoms with Crippen molar-refractivity contribution in [3.05, 3.63) is 48.3 Å². The molecule has 4 heteroatoms. The Morgan fingerprint density at radius 1 is 1.11 bits per heavy atom. The molecule has 1 aromatic heterocycles.